The molecule has 0 saturated carbocycles. The van der Waals surface area contributed by atoms with Gasteiger partial charge in [-0.2, -0.15) is 0 Å². The van der Waals surface area contributed by atoms with E-state index >= 15 is 0 Å². The molecule has 16 heteroatoms. The topological polar surface area (TPSA) is 179 Å². The Hall–Kier alpha value is -3.22. The molecule has 0 bridgehead atoms. The zero-order valence-electron chi connectivity index (χ0n) is 35.3. The van der Waals surface area contributed by atoms with E-state index in [0.29, 0.717) is 98.2 Å². The fourth-order valence-corrected chi connectivity index (χ4v) is 4.56. The van der Waals surface area contributed by atoms with Gasteiger partial charge in [0.05, 0.1) is 125 Å². The van der Waals surface area contributed by atoms with Crippen LogP contribution in [0.25, 0.3) is 0 Å². The molecule has 1 aromatic carbocycles. The third kappa shape index (κ3) is 28.8. The molecule has 0 aliphatic heterocycles. The summed E-state index contributed by atoms with van der Waals surface area (Å²) in [5.74, 6) is -1.92. The van der Waals surface area contributed by atoms with Crippen molar-refractivity contribution in [2.45, 2.75) is 78.1 Å². The first-order valence-corrected chi connectivity index (χ1v) is 19.6. The van der Waals surface area contributed by atoms with E-state index in [1.54, 1.807) is 13.2 Å². The van der Waals surface area contributed by atoms with Crippen molar-refractivity contribution in [3.8, 4) is 5.75 Å². The summed E-state index contributed by atoms with van der Waals surface area (Å²) in [6.45, 7) is 18.8. The summed E-state index contributed by atoms with van der Waals surface area (Å²) < 4.78 is 63.4. The van der Waals surface area contributed by atoms with Crippen LogP contribution in [0.4, 0.5) is 0 Å². The van der Waals surface area contributed by atoms with E-state index in [9.17, 15) is 19.2 Å². The van der Waals surface area contributed by atoms with Crippen LogP contribution in [0.1, 0.15) is 78.4 Å². The minimum atomic E-state index is -0.636. The predicted octanol–water partition coefficient (Wildman–Crippen LogP) is 4.14. The monoisotopic (exact) mass is 816 g/mol. The van der Waals surface area contributed by atoms with Crippen LogP contribution >= 0.6 is 0 Å². The van der Waals surface area contributed by atoms with Crippen molar-refractivity contribution in [1.29, 1.82) is 0 Å². The molecule has 1 aromatic rings. The highest BCUT2D eigenvalue weighted by atomic mass is 16.6. The van der Waals surface area contributed by atoms with Crippen LogP contribution < -0.4 is 4.74 Å². The Morgan fingerprint density at radius 2 is 0.737 bits per heavy atom. The minimum Gasteiger partial charge on any atom is -0.463 e. The summed E-state index contributed by atoms with van der Waals surface area (Å²) in [5, 5.41) is 0. The Morgan fingerprint density at radius 1 is 0.421 bits per heavy atom. The highest BCUT2D eigenvalue weighted by molar-refractivity contribution is 5.79. The quantitative estimate of drug-likeness (QED) is 0.0419. The summed E-state index contributed by atoms with van der Waals surface area (Å²) in [6.07, 6.45) is -0.703. The average Bonchev–Trinajstić information content (AvgIpc) is 3.15. The second-order valence-electron chi connectivity index (χ2n) is 14.6. The van der Waals surface area contributed by atoms with Gasteiger partial charge in [-0.25, -0.2) is 0 Å². The van der Waals surface area contributed by atoms with Crippen molar-refractivity contribution in [3.05, 3.63) is 29.3 Å². The van der Waals surface area contributed by atoms with Crippen LogP contribution in [0.3, 0.4) is 0 Å². The molecular formula is C41H68O16. The van der Waals surface area contributed by atoms with Crippen molar-refractivity contribution in [1.82, 2.24) is 0 Å². The van der Waals surface area contributed by atoms with Crippen LogP contribution in [0.2, 0.25) is 0 Å². The molecule has 0 fully saturated rings. The van der Waals surface area contributed by atoms with Gasteiger partial charge in [-0.1, -0.05) is 53.7 Å². The summed E-state index contributed by atoms with van der Waals surface area (Å²) in [5.41, 5.74) is 1.71. The Balaban J connectivity index is 1.94. The number of hydrogen-bond acceptors (Lipinski definition) is 16. The molecule has 0 spiro atoms. The van der Waals surface area contributed by atoms with Gasteiger partial charge in [0.2, 0.25) is 0 Å². The van der Waals surface area contributed by atoms with E-state index in [1.807, 2.05) is 26.8 Å². The SMILES string of the molecule is COCCOCCOCCOCCOCCOCCOCCOCCOC(=O)CCC(=O)OCCOC(=O)CCC(=O)Oc1ccc(C(C)(C)C)cc1C(C)(C)C. The number of methoxy groups -OCH3 is 1. The smallest absolute Gasteiger partial charge is 0.311 e. The van der Waals surface area contributed by atoms with E-state index in [4.69, 9.17) is 56.8 Å². The Kier molecular flexibility index (Phi) is 28.8. The highest BCUT2D eigenvalue weighted by Gasteiger charge is 2.24. The van der Waals surface area contributed by atoms with Crippen molar-refractivity contribution in [2.75, 3.05) is 126 Å². The fraction of sp³-hybridized carbons (Fsp3) is 0.756. The lowest BCUT2D eigenvalue weighted by molar-refractivity contribution is -0.155. The molecule has 57 heavy (non-hydrogen) atoms. The lowest BCUT2D eigenvalue weighted by Gasteiger charge is -2.26. The molecule has 0 saturated heterocycles. The first-order chi connectivity index (χ1) is 27.2. The number of esters is 4. The summed E-state index contributed by atoms with van der Waals surface area (Å²) in [6, 6.07) is 5.79. The zero-order chi connectivity index (χ0) is 42.2. The van der Waals surface area contributed by atoms with Crippen LogP contribution in [0.15, 0.2) is 18.2 Å². The highest BCUT2D eigenvalue weighted by Crippen LogP contribution is 2.35. The molecule has 1 rings (SSSR count). The first kappa shape index (κ1) is 51.8. The molecule has 0 aromatic heterocycles. The second-order valence-corrected chi connectivity index (χ2v) is 14.6. The van der Waals surface area contributed by atoms with Crippen molar-refractivity contribution >= 4 is 23.9 Å². The molecule has 0 radical (unpaired) electrons. The van der Waals surface area contributed by atoms with E-state index in [2.05, 4.69) is 26.8 Å². The first-order valence-electron chi connectivity index (χ1n) is 19.6. The van der Waals surface area contributed by atoms with Gasteiger partial charge >= 0.3 is 23.9 Å². The number of rotatable bonds is 34. The van der Waals surface area contributed by atoms with Crippen LogP contribution in [-0.4, -0.2) is 150 Å². The Bertz CT molecular complexity index is 1240. The largest absolute Gasteiger partial charge is 0.463 e. The summed E-state index contributed by atoms with van der Waals surface area (Å²) in [7, 11) is 1.63. The van der Waals surface area contributed by atoms with Gasteiger partial charge in [0.1, 0.15) is 25.6 Å². The van der Waals surface area contributed by atoms with Gasteiger partial charge in [0, 0.05) is 12.7 Å². The summed E-state index contributed by atoms with van der Waals surface area (Å²) >= 11 is 0. The number of carbonyl (C=O) groups excluding carboxylic acids is 4. The molecule has 0 amide bonds. The Labute approximate surface area is 338 Å². The molecular weight excluding hydrogens is 748 g/mol. The van der Waals surface area contributed by atoms with Gasteiger partial charge in [-0.05, 0) is 22.5 Å². The van der Waals surface area contributed by atoms with Gasteiger partial charge in [0.15, 0.2) is 0 Å². The molecule has 0 aliphatic carbocycles. The second kappa shape index (κ2) is 31.7. The van der Waals surface area contributed by atoms with Gasteiger partial charge in [-0.15, -0.1) is 0 Å². The van der Waals surface area contributed by atoms with Crippen molar-refractivity contribution in [3.63, 3.8) is 0 Å². The maximum absolute atomic E-state index is 12.5. The molecule has 16 nitrogen and oxygen atoms in total. The lowest BCUT2D eigenvalue weighted by atomic mass is 9.80. The van der Waals surface area contributed by atoms with E-state index in [0.717, 1.165) is 11.1 Å². The number of ether oxygens (including phenoxy) is 12. The maximum Gasteiger partial charge on any atom is 0.311 e. The van der Waals surface area contributed by atoms with Gasteiger partial charge < -0.3 is 56.8 Å². The van der Waals surface area contributed by atoms with Crippen LogP contribution in [-0.2, 0) is 82.1 Å². The zero-order valence-corrected chi connectivity index (χ0v) is 35.3. The van der Waals surface area contributed by atoms with Crippen LogP contribution in [0.5, 0.6) is 5.75 Å². The van der Waals surface area contributed by atoms with Crippen molar-refractivity contribution < 1.29 is 76.0 Å². The minimum absolute atomic E-state index is 0.0334. The van der Waals surface area contributed by atoms with Gasteiger partial charge in [0.25, 0.3) is 0 Å². The summed E-state index contributed by atoms with van der Waals surface area (Å²) in [4.78, 5) is 48.4. The fourth-order valence-electron chi connectivity index (χ4n) is 4.56. The maximum atomic E-state index is 12.5. The Morgan fingerprint density at radius 3 is 1.07 bits per heavy atom. The lowest BCUT2D eigenvalue weighted by Crippen LogP contribution is -2.20. The standard InChI is InChI=1S/C41H68O16/c1-40(2,3)33-8-9-35(34(32-33)41(4,5)6)57-39(45)13-12-38(44)56-31-30-55-37(43)11-10-36(42)54-29-28-53-27-26-52-25-24-51-23-22-50-21-20-49-19-18-48-17-16-47-15-14-46-7/h8-9,32H,10-31H2,1-7H3. The number of hydrogen-bond donors (Lipinski definition) is 0. The molecule has 0 atom stereocenters. The third-order valence-electron chi connectivity index (χ3n) is 7.71. The molecule has 0 unspecified atom stereocenters. The van der Waals surface area contributed by atoms with E-state index in [1.165, 1.54) is 0 Å². The predicted molar refractivity (Wildman–Crippen MR) is 208 cm³/mol. The van der Waals surface area contributed by atoms with E-state index < -0.39 is 23.9 Å². The average molecular weight is 817 g/mol. The number of carbonyl (C=O) groups is 4. The molecule has 0 aliphatic rings. The normalized spacial score (nSPS) is 11.7. The van der Waals surface area contributed by atoms with Gasteiger partial charge in [-0.3, -0.25) is 19.2 Å². The molecule has 328 valence electrons. The molecule has 0 heterocycles. The van der Waals surface area contributed by atoms with E-state index in [-0.39, 0.29) is 62.9 Å². The third-order valence-corrected chi connectivity index (χ3v) is 7.71. The van der Waals surface area contributed by atoms with Crippen molar-refractivity contribution in [2.24, 2.45) is 0 Å². The molecule has 0 N–H and O–H groups in total. The number of benzene rings is 1. The van der Waals surface area contributed by atoms with Crippen LogP contribution in [0, 0.1) is 0 Å².